The van der Waals surface area contributed by atoms with Crippen molar-refractivity contribution in [1.82, 2.24) is 0 Å². The van der Waals surface area contributed by atoms with E-state index in [1.165, 1.54) is 33.3 Å². The second kappa shape index (κ2) is 13.4. The number of carbonyl (C=O) groups excluding carboxylic acids is 4. The van der Waals surface area contributed by atoms with Gasteiger partial charge in [-0.1, -0.05) is 24.3 Å². The molecule has 11 heteroatoms. The lowest BCUT2D eigenvalue weighted by Gasteiger charge is -2.44. The highest BCUT2D eigenvalue weighted by Crippen LogP contribution is 2.42. The summed E-state index contributed by atoms with van der Waals surface area (Å²) in [7, 11) is 1.64. The van der Waals surface area contributed by atoms with Crippen LogP contribution >= 0.6 is 11.8 Å². The molecule has 0 saturated carbocycles. The molecule has 2 aliphatic rings. The third kappa shape index (κ3) is 7.59. The number of hydrogen-bond donors (Lipinski definition) is 0. The molecule has 6 atom stereocenters. The number of methoxy groups -OCH3 is 1. The van der Waals surface area contributed by atoms with E-state index in [0.29, 0.717) is 5.56 Å². The summed E-state index contributed by atoms with van der Waals surface area (Å²) < 4.78 is 33.6. The number of carbonyl (C=O) groups is 4. The molecule has 5 unspecified atom stereocenters. The average Bonchev–Trinajstić information content (AvgIpc) is 2.93. The van der Waals surface area contributed by atoms with Crippen molar-refractivity contribution in [3.05, 3.63) is 59.2 Å². The first kappa shape index (κ1) is 30.4. The zero-order valence-electron chi connectivity index (χ0n) is 23.6. The predicted octanol–water partition coefficient (Wildman–Crippen LogP) is 3.93. The smallest absolute Gasteiger partial charge is 0.303 e. The highest BCUT2D eigenvalue weighted by Gasteiger charge is 2.52. The van der Waals surface area contributed by atoms with Gasteiger partial charge in [0.1, 0.15) is 24.6 Å². The number of thioether (sulfide) groups is 1. The van der Waals surface area contributed by atoms with E-state index in [9.17, 15) is 19.2 Å². The van der Waals surface area contributed by atoms with Gasteiger partial charge in [0.25, 0.3) is 0 Å². The minimum Gasteiger partial charge on any atom is -0.497 e. The monoisotopic (exact) mass is 586 g/mol. The first-order valence-electron chi connectivity index (χ1n) is 13.3. The molecular formula is C30H34O10S. The summed E-state index contributed by atoms with van der Waals surface area (Å²) in [6.45, 7) is 4.61. The van der Waals surface area contributed by atoms with Crippen LogP contribution in [0.2, 0.25) is 0 Å². The number of benzene rings is 2. The summed E-state index contributed by atoms with van der Waals surface area (Å²) in [5.74, 6) is -0.549. The maximum absolute atomic E-state index is 12.2. The Hall–Kier alpha value is -3.57. The Morgan fingerprint density at radius 3 is 2.02 bits per heavy atom. The molecule has 1 fully saturated rings. The second-order valence-electron chi connectivity index (χ2n) is 9.97. The van der Waals surface area contributed by atoms with Crippen LogP contribution in [0.25, 0.3) is 0 Å². The Bertz CT molecular complexity index is 1280. The molecular weight excluding hydrogens is 552 g/mol. The van der Waals surface area contributed by atoms with Crippen LogP contribution in [-0.4, -0.2) is 67.8 Å². The fraction of sp³-hybridized carbons (Fsp3) is 0.467. The van der Waals surface area contributed by atoms with Crippen LogP contribution < -0.4 is 4.74 Å². The van der Waals surface area contributed by atoms with E-state index in [4.69, 9.17) is 28.4 Å². The summed E-state index contributed by atoms with van der Waals surface area (Å²) in [5, 5.41) is 0. The molecule has 1 saturated heterocycles. The fourth-order valence-corrected chi connectivity index (χ4v) is 6.36. The van der Waals surface area contributed by atoms with Crippen LogP contribution in [0.4, 0.5) is 0 Å². The summed E-state index contributed by atoms with van der Waals surface area (Å²) in [5.41, 5.74) is 2.96. The lowest BCUT2D eigenvalue weighted by Crippen LogP contribution is -2.59. The largest absolute Gasteiger partial charge is 0.497 e. The topological polar surface area (TPSA) is 124 Å². The lowest BCUT2D eigenvalue weighted by molar-refractivity contribution is -0.254. The van der Waals surface area contributed by atoms with Crippen LogP contribution in [0.5, 0.6) is 5.75 Å². The third-order valence-electron chi connectivity index (χ3n) is 6.90. The summed E-state index contributed by atoms with van der Waals surface area (Å²) in [4.78, 5) is 49.1. The highest BCUT2D eigenvalue weighted by molar-refractivity contribution is 7.99. The van der Waals surface area contributed by atoms with Crippen LogP contribution in [-0.2, 0) is 49.3 Å². The van der Waals surface area contributed by atoms with Crippen molar-refractivity contribution in [1.29, 1.82) is 0 Å². The van der Waals surface area contributed by atoms with E-state index >= 15 is 0 Å². The molecule has 0 N–H and O–H groups in total. The minimum absolute atomic E-state index is 0.268. The van der Waals surface area contributed by atoms with Crippen LogP contribution in [0.3, 0.4) is 0 Å². The van der Waals surface area contributed by atoms with Crippen molar-refractivity contribution in [2.45, 2.75) is 75.4 Å². The van der Waals surface area contributed by atoms with E-state index in [0.717, 1.165) is 28.4 Å². The van der Waals surface area contributed by atoms with Gasteiger partial charge in [-0.05, 0) is 47.2 Å². The fourth-order valence-electron chi connectivity index (χ4n) is 5.18. The van der Waals surface area contributed by atoms with Crippen molar-refractivity contribution < 1.29 is 47.6 Å². The molecule has 0 bridgehead atoms. The van der Waals surface area contributed by atoms with E-state index in [1.54, 1.807) is 18.9 Å². The average molecular weight is 587 g/mol. The molecule has 4 rings (SSSR count). The Morgan fingerprint density at radius 1 is 0.805 bits per heavy atom. The number of esters is 4. The molecule has 0 radical (unpaired) electrons. The van der Waals surface area contributed by atoms with Gasteiger partial charge in [-0.15, -0.1) is 11.8 Å². The van der Waals surface area contributed by atoms with Crippen LogP contribution in [0.1, 0.15) is 56.4 Å². The molecule has 2 heterocycles. The normalized spacial score (nSPS) is 25.3. The predicted molar refractivity (Wildman–Crippen MR) is 148 cm³/mol. The first-order chi connectivity index (χ1) is 19.5. The van der Waals surface area contributed by atoms with Crippen molar-refractivity contribution in [3.63, 3.8) is 0 Å². The zero-order valence-corrected chi connectivity index (χ0v) is 24.4. The standard InChI is InChI=1S/C30H34O10S/c1-16(31)36-14-25-28(37-17(2)32)30(39-19(4)34)29(38-18(3)33)27(40-25)21-8-11-26-22(12-21)13-23(15-41-26)20-6-9-24(35-5)10-7-20/h6-12,23,25,27-30H,13-15H2,1-5H3/t23-,25?,27?,28?,29?,30?/m0/s1. The van der Waals surface area contributed by atoms with Gasteiger partial charge in [0, 0.05) is 38.3 Å². The maximum atomic E-state index is 12.2. The van der Waals surface area contributed by atoms with E-state index in [1.807, 2.05) is 30.3 Å². The summed E-state index contributed by atoms with van der Waals surface area (Å²) in [6.07, 6.45) is -4.68. The van der Waals surface area contributed by atoms with Gasteiger partial charge >= 0.3 is 23.9 Å². The van der Waals surface area contributed by atoms with Crippen molar-refractivity contribution >= 4 is 35.6 Å². The number of hydrogen-bond acceptors (Lipinski definition) is 11. The van der Waals surface area contributed by atoms with Gasteiger partial charge < -0.3 is 28.4 Å². The SMILES string of the molecule is COc1ccc([C@@H]2CSc3ccc(C4OC(COC(C)=O)C(OC(C)=O)C(OC(C)=O)C4OC(C)=O)cc3C2)cc1. The third-order valence-corrected chi connectivity index (χ3v) is 8.18. The van der Waals surface area contributed by atoms with Crippen molar-refractivity contribution in [2.75, 3.05) is 19.5 Å². The van der Waals surface area contributed by atoms with Crippen molar-refractivity contribution in [2.24, 2.45) is 0 Å². The van der Waals surface area contributed by atoms with Gasteiger partial charge in [0.15, 0.2) is 18.3 Å². The lowest BCUT2D eigenvalue weighted by atomic mass is 9.88. The summed E-state index contributed by atoms with van der Waals surface area (Å²) >= 11 is 1.75. The minimum atomic E-state index is -1.21. The number of ether oxygens (including phenoxy) is 6. The quantitative estimate of drug-likeness (QED) is 0.330. The van der Waals surface area contributed by atoms with Crippen LogP contribution in [0, 0.1) is 0 Å². The molecule has 0 amide bonds. The molecule has 41 heavy (non-hydrogen) atoms. The van der Waals surface area contributed by atoms with Gasteiger partial charge in [-0.25, -0.2) is 0 Å². The Labute approximate surface area is 242 Å². The molecule has 10 nitrogen and oxygen atoms in total. The van der Waals surface area contributed by atoms with Crippen LogP contribution in [0.15, 0.2) is 47.4 Å². The molecule has 2 aromatic rings. The van der Waals surface area contributed by atoms with Gasteiger partial charge in [0.2, 0.25) is 0 Å². The maximum Gasteiger partial charge on any atom is 0.303 e. The second-order valence-corrected chi connectivity index (χ2v) is 11.0. The Morgan fingerprint density at radius 2 is 1.41 bits per heavy atom. The number of fused-ring (bicyclic) bond motifs is 1. The van der Waals surface area contributed by atoms with Gasteiger partial charge in [-0.2, -0.15) is 0 Å². The molecule has 0 aromatic heterocycles. The zero-order chi connectivity index (χ0) is 29.7. The first-order valence-corrected chi connectivity index (χ1v) is 14.2. The molecule has 2 aromatic carbocycles. The van der Waals surface area contributed by atoms with E-state index in [-0.39, 0.29) is 12.5 Å². The molecule has 220 valence electrons. The van der Waals surface area contributed by atoms with Gasteiger partial charge in [-0.3, -0.25) is 19.2 Å². The summed E-state index contributed by atoms with van der Waals surface area (Å²) in [6, 6.07) is 13.9. The molecule has 0 aliphatic carbocycles. The van der Waals surface area contributed by atoms with Gasteiger partial charge in [0.05, 0.1) is 7.11 Å². The van der Waals surface area contributed by atoms with E-state index in [2.05, 4.69) is 12.1 Å². The number of rotatable bonds is 8. The van der Waals surface area contributed by atoms with E-state index < -0.39 is 54.4 Å². The molecule has 2 aliphatic heterocycles. The Balaban J connectivity index is 1.70. The highest BCUT2D eigenvalue weighted by atomic mass is 32.2. The molecule has 0 spiro atoms. The van der Waals surface area contributed by atoms with Crippen molar-refractivity contribution in [3.8, 4) is 5.75 Å². The Kier molecular flexibility index (Phi) is 9.93.